The molecule has 0 radical (unpaired) electrons. The first-order valence-corrected chi connectivity index (χ1v) is 6.12. The van der Waals surface area contributed by atoms with Crippen molar-refractivity contribution in [2.75, 3.05) is 25.2 Å². The van der Waals surface area contributed by atoms with Crippen LogP contribution in [0.5, 0.6) is 0 Å². The van der Waals surface area contributed by atoms with E-state index in [2.05, 4.69) is 0 Å². The number of aromatic nitrogens is 1. The van der Waals surface area contributed by atoms with Gasteiger partial charge < -0.3 is 9.30 Å². The smallest absolute Gasteiger partial charge is 0.189 e. The van der Waals surface area contributed by atoms with Crippen molar-refractivity contribution >= 4 is 17.5 Å². The molecule has 0 amide bonds. The molecular weight excluding hydrogens is 210 g/mol. The number of ketones is 1. The Balaban J connectivity index is 2.22. The van der Waals surface area contributed by atoms with Gasteiger partial charge in [0.25, 0.3) is 0 Å². The van der Waals surface area contributed by atoms with Crippen LogP contribution in [-0.4, -0.2) is 35.6 Å². The van der Waals surface area contributed by atoms with Crippen molar-refractivity contribution in [3.05, 3.63) is 24.0 Å². The number of hydrogen-bond donors (Lipinski definition) is 0. The van der Waals surface area contributed by atoms with Crippen LogP contribution in [0.15, 0.2) is 18.3 Å². The molecule has 0 bridgehead atoms. The van der Waals surface area contributed by atoms with Crippen LogP contribution in [0, 0.1) is 0 Å². The fraction of sp³-hybridized carbons (Fsp3) is 0.545. The van der Waals surface area contributed by atoms with E-state index in [-0.39, 0.29) is 5.78 Å². The third-order valence-corrected chi connectivity index (χ3v) is 3.14. The molecule has 0 saturated carbocycles. The Labute approximate surface area is 94.8 Å². The van der Waals surface area contributed by atoms with Crippen molar-refractivity contribution in [2.24, 2.45) is 7.05 Å². The molecular formula is C11H17NO2S. The molecule has 0 unspecified atom stereocenters. The molecule has 0 atom stereocenters. The summed E-state index contributed by atoms with van der Waals surface area (Å²) in [7, 11) is 3.59. The van der Waals surface area contributed by atoms with E-state index in [0.29, 0.717) is 5.75 Å². The van der Waals surface area contributed by atoms with Gasteiger partial charge in [-0.3, -0.25) is 4.79 Å². The number of nitrogens with zero attached hydrogens (tertiary/aromatic N) is 1. The van der Waals surface area contributed by atoms with E-state index in [1.165, 1.54) is 0 Å². The molecule has 1 aromatic rings. The molecule has 84 valence electrons. The van der Waals surface area contributed by atoms with Gasteiger partial charge in [-0.15, -0.1) is 0 Å². The highest BCUT2D eigenvalue weighted by Crippen LogP contribution is 2.08. The number of rotatable bonds is 7. The third kappa shape index (κ3) is 4.10. The summed E-state index contributed by atoms with van der Waals surface area (Å²) in [6, 6.07) is 3.75. The Morgan fingerprint density at radius 2 is 2.40 bits per heavy atom. The molecule has 0 aromatic carbocycles. The lowest BCUT2D eigenvalue weighted by Gasteiger charge is -2.02. The Bertz CT molecular complexity index is 309. The van der Waals surface area contributed by atoms with Crippen molar-refractivity contribution in [3.8, 4) is 0 Å². The van der Waals surface area contributed by atoms with E-state index >= 15 is 0 Å². The highest BCUT2D eigenvalue weighted by atomic mass is 32.2. The van der Waals surface area contributed by atoms with Crippen LogP contribution in [0.1, 0.15) is 16.9 Å². The van der Waals surface area contributed by atoms with Crippen molar-refractivity contribution in [1.29, 1.82) is 0 Å². The molecule has 1 aromatic heterocycles. The zero-order chi connectivity index (χ0) is 11.1. The molecule has 1 rings (SSSR count). The van der Waals surface area contributed by atoms with E-state index in [4.69, 9.17) is 4.74 Å². The van der Waals surface area contributed by atoms with Crippen LogP contribution < -0.4 is 0 Å². The summed E-state index contributed by atoms with van der Waals surface area (Å²) in [5.41, 5.74) is 0.786. The van der Waals surface area contributed by atoms with Gasteiger partial charge in [-0.05, 0) is 24.3 Å². The summed E-state index contributed by atoms with van der Waals surface area (Å²) >= 11 is 1.67. The minimum absolute atomic E-state index is 0.199. The normalized spacial score (nSPS) is 10.5. The number of Topliss-reactive ketones (excluding diaryl/α,β-unsaturated/α-hetero) is 1. The number of carbonyl (C=O) groups excluding carboxylic acids is 1. The van der Waals surface area contributed by atoms with E-state index in [1.807, 2.05) is 29.9 Å². The predicted molar refractivity (Wildman–Crippen MR) is 63.6 cm³/mol. The van der Waals surface area contributed by atoms with E-state index in [1.54, 1.807) is 18.9 Å². The topological polar surface area (TPSA) is 31.2 Å². The Hall–Kier alpha value is -0.740. The summed E-state index contributed by atoms with van der Waals surface area (Å²) < 4.78 is 6.80. The van der Waals surface area contributed by atoms with Crippen LogP contribution in [0.4, 0.5) is 0 Å². The number of hydrogen-bond acceptors (Lipinski definition) is 3. The molecule has 0 aliphatic carbocycles. The second-order valence-electron chi connectivity index (χ2n) is 3.33. The second kappa shape index (κ2) is 6.69. The third-order valence-electron chi connectivity index (χ3n) is 2.10. The molecule has 0 aliphatic rings. The lowest BCUT2D eigenvalue weighted by molar-refractivity contribution is 0.101. The van der Waals surface area contributed by atoms with Crippen molar-refractivity contribution in [2.45, 2.75) is 6.42 Å². The summed E-state index contributed by atoms with van der Waals surface area (Å²) in [5, 5.41) is 0. The lowest BCUT2D eigenvalue weighted by Crippen LogP contribution is -2.08. The minimum atomic E-state index is 0.199. The van der Waals surface area contributed by atoms with Gasteiger partial charge in [0.2, 0.25) is 0 Å². The zero-order valence-corrected chi connectivity index (χ0v) is 10.0. The molecule has 0 aliphatic heterocycles. The molecule has 1 heterocycles. The fourth-order valence-electron chi connectivity index (χ4n) is 1.29. The van der Waals surface area contributed by atoms with Gasteiger partial charge in [0.05, 0.1) is 11.4 Å². The first kappa shape index (κ1) is 12.3. The summed E-state index contributed by atoms with van der Waals surface area (Å²) in [6.07, 6.45) is 2.89. The average Bonchev–Trinajstić information content (AvgIpc) is 2.64. The number of aryl methyl sites for hydroxylation is 1. The molecule has 15 heavy (non-hydrogen) atoms. The maximum Gasteiger partial charge on any atom is 0.189 e. The molecule has 0 saturated heterocycles. The molecule has 0 fully saturated rings. The number of ether oxygens (including phenoxy) is 1. The van der Waals surface area contributed by atoms with Gasteiger partial charge in [-0.2, -0.15) is 11.8 Å². The van der Waals surface area contributed by atoms with E-state index in [9.17, 15) is 4.79 Å². The Morgan fingerprint density at radius 1 is 1.60 bits per heavy atom. The average molecular weight is 227 g/mol. The van der Waals surface area contributed by atoms with Gasteiger partial charge in [0, 0.05) is 27.0 Å². The second-order valence-corrected chi connectivity index (χ2v) is 4.43. The van der Waals surface area contributed by atoms with Crippen LogP contribution in [-0.2, 0) is 11.8 Å². The summed E-state index contributed by atoms with van der Waals surface area (Å²) in [5.74, 6) is 1.73. The maximum absolute atomic E-state index is 11.7. The first-order chi connectivity index (χ1) is 7.25. The molecule has 4 heteroatoms. The van der Waals surface area contributed by atoms with Crippen LogP contribution in [0.3, 0.4) is 0 Å². The number of carbonyl (C=O) groups is 1. The van der Waals surface area contributed by atoms with Gasteiger partial charge in [-0.1, -0.05) is 0 Å². The van der Waals surface area contributed by atoms with Crippen LogP contribution in [0.2, 0.25) is 0 Å². The van der Waals surface area contributed by atoms with Gasteiger partial charge in [-0.25, -0.2) is 0 Å². The Morgan fingerprint density at radius 3 is 3.00 bits per heavy atom. The quantitative estimate of drug-likeness (QED) is 0.527. The van der Waals surface area contributed by atoms with Gasteiger partial charge >= 0.3 is 0 Å². The summed E-state index contributed by atoms with van der Waals surface area (Å²) in [6.45, 7) is 0.769. The largest absolute Gasteiger partial charge is 0.385 e. The fourth-order valence-corrected chi connectivity index (χ4v) is 2.09. The predicted octanol–water partition coefficient (Wildman–Crippen LogP) is 1.98. The van der Waals surface area contributed by atoms with Crippen LogP contribution >= 0.6 is 11.8 Å². The van der Waals surface area contributed by atoms with E-state index < -0.39 is 0 Å². The molecule has 0 N–H and O–H groups in total. The Kier molecular flexibility index (Phi) is 5.50. The standard InChI is InChI=1S/C11H17NO2S/c1-12-6-3-5-10(12)11(13)9-15-8-4-7-14-2/h3,5-6H,4,7-9H2,1-2H3. The van der Waals surface area contributed by atoms with Gasteiger partial charge in [0.1, 0.15) is 0 Å². The van der Waals surface area contributed by atoms with Crippen molar-refractivity contribution in [1.82, 2.24) is 4.57 Å². The molecule has 3 nitrogen and oxygen atoms in total. The van der Waals surface area contributed by atoms with Crippen molar-refractivity contribution in [3.63, 3.8) is 0 Å². The SMILES string of the molecule is COCCCSCC(=O)c1cccn1C. The lowest BCUT2D eigenvalue weighted by atomic mass is 10.3. The highest BCUT2D eigenvalue weighted by Gasteiger charge is 2.08. The monoisotopic (exact) mass is 227 g/mol. The highest BCUT2D eigenvalue weighted by molar-refractivity contribution is 7.99. The number of methoxy groups -OCH3 is 1. The maximum atomic E-state index is 11.7. The summed E-state index contributed by atoms with van der Waals surface area (Å²) in [4.78, 5) is 11.7. The minimum Gasteiger partial charge on any atom is -0.385 e. The first-order valence-electron chi connectivity index (χ1n) is 4.97. The van der Waals surface area contributed by atoms with Crippen molar-refractivity contribution < 1.29 is 9.53 Å². The van der Waals surface area contributed by atoms with Gasteiger partial charge in [0.15, 0.2) is 5.78 Å². The molecule has 0 spiro atoms. The zero-order valence-electron chi connectivity index (χ0n) is 9.23. The van der Waals surface area contributed by atoms with E-state index in [0.717, 1.165) is 24.5 Å². The van der Waals surface area contributed by atoms with Crippen LogP contribution in [0.25, 0.3) is 0 Å². The number of thioether (sulfide) groups is 1.